The number of carboxylic acid groups (broad SMARTS) is 1. The van der Waals surface area contributed by atoms with Gasteiger partial charge in [0.2, 0.25) is 0 Å². The molecule has 0 fully saturated rings. The van der Waals surface area contributed by atoms with Gasteiger partial charge in [0.25, 0.3) is 10.0 Å². The largest absolute Gasteiger partial charge is 0.480 e. The summed E-state index contributed by atoms with van der Waals surface area (Å²) in [5.41, 5.74) is 0. The van der Waals surface area contributed by atoms with Crippen molar-refractivity contribution in [2.24, 2.45) is 0 Å². The van der Waals surface area contributed by atoms with Crippen LogP contribution in [0.2, 0.25) is 0 Å². The highest BCUT2D eigenvalue weighted by atomic mass is 32.2. The van der Waals surface area contributed by atoms with E-state index in [1.165, 1.54) is 13.3 Å². The summed E-state index contributed by atoms with van der Waals surface area (Å²) >= 11 is 0.971. The maximum absolute atomic E-state index is 11.8. The lowest BCUT2D eigenvalue weighted by Gasteiger charge is -2.12. The van der Waals surface area contributed by atoms with E-state index in [0.29, 0.717) is 5.01 Å². The normalized spacial score (nSPS) is 13.5. The summed E-state index contributed by atoms with van der Waals surface area (Å²) in [6, 6.07) is -1.31. The molecule has 0 amide bonds. The maximum atomic E-state index is 11.8. The van der Waals surface area contributed by atoms with Crippen LogP contribution >= 0.6 is 11.3 Å². The lowest BCUT2D eigenvalue weighted by atomic mass is 10.3. The molecule has 1 aromatic rings. The zero-order chi connectivity index (χ0) is 13.1. The number of nitrogens with zero attached hydrogens (tertiary/aromatic N) is 1. The van der Waals surface area contributed by atoms with Crippen LogP contribution < -0.4 is 4.72 Å². The molecule has 1 rings (SSSR count). The first-order valence-corrected chi connectivity index (χ1v) is 6.83. The Morgan fingerprint density at radius 2 is 2.35 bits per heavy atom. The average Bonchev–Trinajstić information content (AvgIpc) is 2.64. The number of thiazole rings is 1. The molecule has 9 heteroatoms. The van der Waals surface area contributed by atoms with Crippen LogP contribution in [0.15, 0.2) is 10.4 Å². The van der Waals surface area contributed by atoms with Gasteiger partial charge in [0.15, 0.2) is 4.21 Å². The molecule has 0 saturated heterocycles. The van der Waals surface area contributed by atoms with E-state index in [-0.39, 0.29) is 10.8 Å². The fourth-order valence-corrected chi connectivity index (χ4v) is 3.33. The van der Waals surface area contributed by atoms with Crippen molar-refractivity contribution in [1.29, 1.82) is 0 Å². The van der Waals surface area contributed by atoms with E-state index >= 15 is 0 Å². The van der Waals surface area contributed by atoms with Crippen molar-refractivity contribution >= 4 is 27.3 Å². The predicted molar refractivity (Wildman–Crippen MR) is 60.5 cm³/mol. The van der Waals surface area contributed by atoms with E-state index in [4.69, 9.17) is 5.11 Å². The van der Waals surface area contributed by atoms with Crippen molar-refractivity contribution < 1.29 is 23.1 Å². The topological polar surface area (TPSA) is 106 Å². The third-order valence-corrected chi connectivity index (χ3v) is 4.64. The summed E-state index contributed by atoms with van der Waals surface area (Å²) in [5, 5.41) is 9.39. The molecule has 1 heterocycles. The molecule has 0 aliphatic rings. The number of methoxy groups -OCH3 is 1. The quantitative estimate of drug-likeness (QED) is 0.749. The van der Waals surface area contributed by atoms with Crippen molar-refractivity contribution in [1.82, 2.24) is 9.71 Å². The number of nitrogens with one attached hydrogen (secondary N) is 1. The molecule has 0 saturated carbocycles. The standard InChI is InChI=1S/C8H12N2O5S2/c1-5-9-3-7(16-5)17(13,14)10-6(4-15-2)8(11)12/h3,6,10H,4H2,1-2H3,(H,11,12). The maximum Gasteiger partial charge on any atom is 0.324 e. The zero-order valence-corrected chi connectivity index (χ0v) is 10.8. The number of carboxylic acids is 1. The van der Waals surface area contributed by atoms with Gasteiger partial charge in [-0.15, -0.1) is 11.3 Å². The number of aliphatic carboxylic acids is 1. The van der Waals surface area contributed by atoms with Gasteiger partial charge >= 0.3 is 5.97 Å². The Hall–Kier alpha value is -1.03. The van der Waals surface area contributed by atoms with Gasteiger partial charge in [-0.3, -0.25) is 4.79 Å². The second-order valence-electron chi connectivity index (χ2n) is 3.17. The van der Waals surface area contributed by atoms with Crippen molar-refractivity contribution in [2.45, 2.75) is 17.2 Å². The molecule has 1 aromatic heterocycles. The highest BCUT2D eigenvalue weighted by Gasteiger charge is 2.26. The van der Waals surface area contributed by atoms with Gasteiger partial charge in [-0.05, 0) is 6.92 Å². The molecule has 0 aromatic carbocycles. The zero-order valence-electron chi connectivity index (χ0n) is 9.21. The fraction of sp³-hybridized carbons (Fsp3) is 0.500. The van der Waals surface area contributed by atoms with Crippen LogP contribution in [-0.2, 0) is 19.6 Å². The van der Waals surface area contributed by atoms with Gasteiger partial charge in [-0.2, -0.15) is 4.72 Å². The summed E-state index contributed by atoms with van der Waals surface area (Å²) in [7, 11) is -2.57. The fourth-order valence-electron chi connectivity index (χ4n) is 1.03. The van der Waals surface area contributed by atoms with Crippen LogP contribution in [0.1, 0.15) is 5.01 Å². The molecule has 1 atom stereocenters. The first-order chi connectivity index (χ1) is 7.86. The van der Waals surface area contributed by atoms with E-state index in [9.17, 15) is 13.2 Å². The van der Waals surface area contributed by atoms with Gasteiger partial charge in [-0.25, -0.2) is 13.4 Å². The van der Waals surface area contributed by atoms with Gasteiger partial charge in [-0.1, -0.05) is 0 Å². The number of ether oxygens (including phenoxy) is 1. The van der Waals surface area contributed by atoms with E-state index < -0.39 is 22.0 Å². The minimum atomic E-state index is -3.86. The van der Waals surface area contributed by atoms with E-state index in [1.54, 1.807) is 6.92 Å². The molecule has 17 heavy (non-hydrogen) atoms. The lowest BCUT2D eigenvalue weighted by Crippen LogP contribution is -2.43. The molecular weight excluding hydrogens is 268 g/mol. The molecule has 0 spiro atoms. The highest BCUT2D eigenvalue weighted by Crippen LogP contribution is 2.17. The second-order valence-corrected chi connectivity index (χ2v) is 6.34. The molecule has 2 N–H and O–H groups in total. The van der Waals surface area contributed by atoms with Gasteiger partial charge < -0.3 is 9.84 Å². The van der Waals surface area contributed by atoms with E-state index in [2.05, 4.69) is 9.72 Å². The molecule has 96 valence electrons. The van der Waals surface area contributed by atoms with Crippen molar-refractivity contribution in [3.63, 3.8) is 0 Å². The van der Waals surface area contributed by atoms with Crippen LogP contribution in [0.3, 0.4) is 0 Å². The van der Waals surface area contributed by atoms with Gasteiger partial charge in [0, 0.05) is 7.11 Å². The van der Waals surface area contributed by atoms with Crippen molar-refractivity contribution in [3.8, 4) is 0 Å². The summed E-state index contributed by atoms with van der Waals surface area (Å²) in [6.45, 7) is 1.42. The number of rotatable bonds is 6. The first kappa shape index (κ1) is 14.0. The van der Waals surface area contributed by atoms with Gasteiger partial charge in [0.05, 0.1) is 17.8 Å². The average molecular weight is 280 g/mol. The first-order valence-electron chi connectivity index (χ1n) is 4.53. The Labute approximate surface area is 102 Å². The van der Waals surface area contributed by atoms with E-state index in [0.717, 1.165) is 11.3 Å². The molecule has 7 nitrogen and oxygen atoms in total. The minimum absolute atomic E-state index is 0.0163. The highest BCUT2D eigenvalue weighted by molar-refractivity contribution is 7.91. The molecule has 0 aliphatic heterocycles. The summed E-state index contributed by atoms with van der Waals surface area (Å²) in [5.74, 6) is -1.29. The van der Waals surface area contributed by atoms with Crippen molar-refractivity contribution in [2.75, 3.05) is 13.7 Å². The van der Waals surface area contributed by atoms with Crippen LogP contribution in [0.4, 0.5) is 0 Å². The Morgan fingerprint density at radius 3 is 2.76 bits per heavy atom. The smallest absolute Gasteiger partial charge is 0.324 e. The van der Waals surface area contributed by atoms with Crippen molar-refractivity contribution in [3.05, 3.63) is 11.2 Å². The summed E-state index contributed by atoms with van der Waals surface area (Å²) in [4.78, 5) is 14.6. The number of aryl methyl sites for hydroxylation is 1. The number of hydrogen-bond donors (Lipinski definition) is 2. The number of hydrogen-bond acceptors (Lipinski definition) is 6. The SMILES string of the molecule is COCC(NS(=O)(=O)c1cnc(C)s1)C(=O)O. The Morgan fingerprint density at radius 1 is 1.71 bits per heavy atom. The number of aromatic nitrogens is 1. The molecule has 1 unspecified atom stereocenters. The summed E-state index contributed by atoms with van der Waals surface area (Å²) < 4.78 is 30.2. The minimum Gasteiger partial charge on any atom is -0.480 e. The number of carbonyl (C=O) groups is 1. The third-order valence-electron chi connectivity index (χ3n) is 1.79. The molecule has 0 bridgehead atoms. The van der Waals surface area contributed by atoms with Crippen LogP contribution in [0, 0.1) is 6.92 Å². The van der Waals surface area contributed by atoms with E-state index in [1.807, 2.05) is 4.72 Å². The lowest BCUT2D eigenvalue weighted by molar-refractivity contribution is -0.140. The molecule has 0 radical (unpaired) electrons. The molecule has 0 aliphatic carbocycles. The third kappa shape index (κ3) is 3.73. The second kappa shape index (κ2) is 5.54. The monoisotopic (exact) mass is 280 g/mol. The molecular formula is C8H12N2O5S2. The Kier molecular flexibility index (Phi) is 4.57. The van der Waals surface area contributed by atoms with Crippen LogP contribution in [0.5, 0.6) is 0 Å². The van der Waals surface area contributed by atoms with Crippen LogP contribution in [0.25, 0.3) is 0 Å². The summed E-state index contributed by atoms with van der Waals surface area (Å²) in [6.07, 6.45) is 1.19. The van der Waals surface area contributed by atoms with Crippen LogP contribution in [-0.4, -0.2) is 44.2 Å². The predicted octanol–water partition coefficient (Wildman–Crippen LogP) is -0.171. The number of sulfonamides is 1. The van der Waals surface area contributed by atoms with Gasteiger partial charge in [0.1, 0.15) is 6.04 Å². The Balaban J connectivity index is 2.88. The Bertz CT molecular complexity index is 496.